The molecule has 1 atom stereocenters. The summed E-state index contributed by atoms with van der Waals surface area (Å²) in [5.41, 5.74) is -0.578. The summed E-state index contributed by atoms with van der Waals surface area (Å²) in [5.74, 6) is -1.51. The van der Waals surface area contributed by atoms with Gasteiger partial charge in [0.15, 0.2) is 5.16 Å². The van der Waals surface area contributed by atoms with Crippen LogP contribution in [-0.2, 0) is 11.3 Å². The summed E-state index contributed by atoms with van der Waals surface area (Å²) in [6, 6.07) is 7.80. The number of anilines is 1. The predicted octanol–water partition coefficient (Wildman–Crippen LogP) is 4.40. The zero-order valence-electron chi connectivity index (χ0n) is 16.2. The van der Waals surface area contributed by atoms with Gasteiger partial charge >= 0.3 is 5.69 Å². The summed E-state index contributed by atoms with van der Waals surface area (Å²) >= 11 is 7.03. The summed E-state index contributed by atoms with van der Waals surface area (Å²) in [7, 11) is 0. The van der Waals surface area contributed by atoms with Crippen LogP contribution >= 0.6 is 23.4 Å². The number of allylic oxidation sites excluding steroid dienone is 1. The highest BCUT2D eigenvalue weighted by Crippen LogP contribution is 2.26. The van der Waals surface area contributed by atoms with Gasteiger partial charge in [-0.25, -0.2) is 4.98 Å². The Morgan fingerprint density at radius 1 is 1.42 bits per heavy atom. The van der Waals surface area contributed by atoms with E-state index in [1.807, 2.05) is 0 Å². The first-order valence-corrected chi connectivity index (χ1v) is 10.2. The van der Waals surface area contributed by atoms with E-state index in [2.05, 4.69) is 16.9 Å². The number of carbonyl (C=O) groups is 1. The molecule has 0 aliphatic carbocycles. The molecule has 0 spiro atoms. The second-order valence-corrected chi connectivity index (χ2v) is 8.18. The van der Waals surface area contributed by atoms with Crippen LogP contribution in [0.5, 0.6) is 0 Å². The van der Waals surface area contributed by atoms with Crippen LogP contribution in [0.4, 0.5) is 15.8 Å². The molecule has 31 heavy (non-hydrogen) atoms. The van der Waals surface area contributed by atoms with Gasteiger partial charge in [-0.3, -0.25) is 24.3 Å². The van der Waals surface area contributed by atoms with Gasteiger partial charge in [0.1, 0.15) is 0 Å². The summed E-state index contributed by atoms with van der Waals surface area (Å²) in [5, 5.41) is 13.7. The lowest BCUT2D eigenvalue weighted by molar-refractivity contribution is -0.387. The van der Waals surface area contributed by atoms with E-state index in [4.69, 9.17) is 11.6 Å². The van der Waals surface area contributed by atoms with Crippen molar-refractivity contribution in [2.24, 2.45) is 0 Å². The minimum Gasteiger partial charge on any atom is -0.325 e. The van der Waals surface area contributed by atoms with Crippen molar-refractivity contribution in [1.82, 2.24) is 9.55 Å². The van der Waals surface area contributed by atoms with E-state index in [1.165, 1.54) is 16.7 Å². The molecule has 3 rings (SSSR count). The van der Waals surface area contributed by atoms with E-state index in [0.717, 1.165) is 23.9 Å². The third kappa shape index (κ3) is 4.92. The number of halogens is 2. The molecule has 0 fully saturated rings. The lowest BCUT2D eigenvalue weighted by atomic mass is 10.2. The molecule has 1 amide bonds. The van der Waals surface area contributed by atoms with Crippen LogP contribution < -0.4 is 10.9 Å². The van der Waals surface area contributed by atoms with Crippen LogP contribution in [0.25, 0.3) is 10.9 Å². The van der Waals surface area contributed by atoms with E-state index in [-0.39, 0.29) is 22.9 Å². The highest BCUT2D eigenvalue weighted by molar-refractivity contribution is 8.00. The molecule has 0 saturated carbocycles. The zero-order chi connectivity index (χ0) is 22.7. The molecule has 160 valence electrons. The largest absolute Gasteiger partial charge is 0.325 e. The average molecular weight is 463 g/mol. The van der Waals surface area contributed by atoms with Crippen molar-refractivity contribution in [3.63, 3.8) is 0 Å². The Morgan fingerprint density at radius 2 is 2.16 bits per heavy atom. The molecule has 0 aliphatic rings. The molecule has 1 N–H and O–H groups in total. The number of hydrogen-bond donors (Lipinski definition) is 1. The van der Waals surface area contributed by atoms with Gasteiger partial charge in [0.2, 0.25) is 11.7 Å². The normalized spacial score (nSPS) is 11.8. The monoisotopic (exact) mass is 462 g/mol. The van der Waals surface area contributed by atoms with Crippen LogP contribution in [0.15, 0.2) is 59.0 Å². The van der Waals surface area contributed by atoms with Crippen molar-refractivity contribution in [1.29, 1.82) is 0 Å². The SMILES string of the molecule is C=CCn1c(SC(C)C(=O)Nc2ccc(F)c([N+](=O)[O-])c2)nc2cc(Cl)ccc2c1=O. The Morgan fingerprint density at radius 3 is 2.84 bits per heavy atom. The number of nitro benzene ring substituents is 1. The maximum Gasteiger partial charge on any atom is 0.306 e. The molecule has 8 nitrogen and oxygen atoms in total. The summed E-state index contributed by atoms with van der Waals surface area (Å²) < 4.78 is 14.9. The number of nitro groups is 1. The topological polar surface area (TPSA) is 107 Å². The van der Waals surface area contributed by atoms with Gasteiger partial charge in [0, 0.05) is 23.3 Å². The fourth-order valence-corrected chi connectivity index (χ4v) is 3.82. The first kappa shape index (κ1) is 22.4. The Balaban J connectivity index is 1.89. The molecule has 1 heterocycles. The van der Waals surface area contributed by atoms with E-state index in [1.54, 1.807) is 25.1 Å². The van der Waals surface area contributed by atoms with E-state index < -0.39 is 27.6 Å². The van der Waals surface area contributed by atoms with Gasteiger partial charge < -0.3 is 5.32 Å². The van der Waals surface area contributed by atoms with Gasteiger partial charge in [0.25, 0.3) is 5.56 Å². The van der Waals surface area contributed by atoms with Crippen LogP contribution in [0.2, 0.25) is 5.02 Å². The van der Waals surface area contributed by atoms with E-state index >= 15 is 0 Å². The van der Waals surface area contributed by atoms with Gasteiger partial charge in [-0.2, -0.15) is 4.39 Å². The number of aromatic nitrogens is 2. The molecule has 1 unspecified atom stereocenters. The van der Waals surface area contributed by atoms with E-state index in [0.29, 0.717) is 15.9 Å². The van der Waals surface area contributed by atoms with Crippen LogP contribution in [-0.4, -0.2) is 25.6 Å². The van der Waals surface area contributed by atoms with Crippen molar-refractivity contribution in [3.05, 3.63) is 80.4 Å². The molecule has 11 heteroatoms. The molecule has 1 aromatic heterocycles. The summed E-state index contributed by atoms with van der Waals surface area (Å²) in [6.07, 6.45) is 1.54. The number of benzene rings is 2. The Bertz CT molecular complexity index is 1260. The molecular formula is C20H16ClFN4O4S. The summed E-state index contributed by atoms with van der Waals surface area (Å²) in [6.45, 7) is 5.42. The molecule has 0 bridgehead atoms. The number of nitrogens with one attached hydrogen (secondary N) is 1. The molecule has 3 aromatic rings. The first-order chi connectivity index (χ1) is 14.7. The fraction of sp³-hybridized carbons (Fsp3) is 0.150. The standard InChI is InChI=1S/C20H16ClFN4O4S/c1-3-8-25-19(28)14-6-4-12(21)9-16(14)24-20(25)31-11(2)18(27)23-13-5-7-15(22)17(10-13)26(29)30/h3-7,9-11H,1,8H2,2H3,(H,23,27). The number of hydrogen-bond acceptors (Lipinski definition) is 6. The fourth-order valence-electron chi connectivity index (χ4n) is 2.74. The van der Waals surface area contributed by atoms with Gasteiger partial charge in [-0.05, 0) is 37.3 Å². The first-order valence-electron chi connectivity index (χ1n) is 8.93. The van der Waals surface area contributed by atoms with Crippen molar-refractivity contribution in [2.45, 2.75) is 23.9 Å². The summed E-state index contributed by atoms with van der Waals surface area (Å²) in [4.78, 5) is 39.9. The lowest BCUT2D eigenvalue weighted by Gasteiger charge is -2.15. The maximum atomic E-state index is 13.5. The lowest BCUT2D eigenvalue weighted by Crippen LogP contribution is -2.26. The maximum absolute atomic E-state index is 13.5. The third-order valence-electron chi connectivity index (χ3n) is 4.26. The number of nitrogens with zero attached hydrogens (tertiary/aromatic N) is 3. The molecule has 0 radical (unpaired) electrons. The zero-order valence-corrected chi connectivity index (χ0v) is 17.7. The highest BCUT2D eigenvalue weighted by atomic mass is 35.5. The highest BCUT2D eigenvalue weighted by Gasteiger charge is 2.21. The Hall–Kier alpha value is -3.24. The van der Waals surface area contributed by atoms with Crippen molar-refractivity contribution < 1.29 is 14.1 Å². The van der Waals surface area contributed by atoms with Gasteiger partial charge in [-0.15, -0.1) is 6.58 Å². The Labute approximate surface area is 184 Å². The quantitative estimate of drug-likeness (QED) is 0.183. The smallest absolute Gasteiger partial charge is 0.306 e. The predicted molar refractivity (Wildman–Crippen MR) is 118 cm³/mol. The molecule has 0 aliphatic heterocycles. The van der Waals surface area contributed by atoms with Gasteiger partial charge in [-0.1, -0.05) is 29.4 Å². The van der Waals surface area contributed by atoms with Crippen LogP contribution in [0.3, 0.4) is 0 Å². The van der Waals surface area contributed by atoms with Crippen molar-refractivity contribution in [3.8, 4) is 0 Å². The van der Waals surface area contributed by atoms with Crippen molar-refractivity contribution >= 4 is 51.5 Å². The number of thioether (sulfide) groups is 1. The Kier molecular flexibility index (Phi) is 6.71. The minimum atomic E-state index is -1.00. The number of fused-ring (bicyclic) bond motifs is 1. The number of rotatable bonds is 7. The number of amides is 1. The second kappa shape index (κ2) is 9.27. The molecule has 2 aromatic carbocycles. The number of carbonyl (C=O) groups excluding carboxylic acids is 1. The van der Waals surface area contributed by atoms with Gasteiger partial charge in [0.05, 0.1) is 21.1 Å². The molecular weight excluding hydrogens is 447 g/mol. The van der Waals surface area contributed by atoms with Crippen LogP contribution in [0, 0.1) is 15.9 Å². The molecule has 0 saturated heterocycles. The average Bonchev–Trinajstić information content (AvgIpc) is 2.71. The van der Waals surface area contributed by atoms with Crippen molar-refractivity contribution in [2.75, 3.05) is 5.32 Å². The second-order valence-electron chi connectivity index (χ2n) is 6.43. The van der Waals surface area contributed by atoms with Crippen LogP contribution in [0.1, 0.15) is 6.92 Å². The van der Waals surface area contributed by atoms with E-state index in [9.17, 15) is 24.1 Å². The third-order valence-corrected chi connectivity index (χ3v) is 5.58. The minimum absolute atomic E-state index is 0.0762.